The highest BCUT2D eigenvalue weighted by Crippen LogP contribution is 2.35. The molecule has 1 N–H and O–H groups in total. The van der Waals surface area contributed by atoms with E-state index in [-0.39, 0.29) is 0 Å². The summed E-state index contributed by atoms with van der Waals surface area (Å²) < 4.78 is 0. The van der Waals surface area contributed by atoms with Gasteiger partial charge in [0.1, 0.15) is 0 Å². The highest BCUT2D eigenvalue weighted by molar-refractivity contribution is 5.16. The number of nitrogens with one attached hydrogen (secondary N) is 1. The zero-order valence-corrected chi connectivity index (χ0v) is 11.4. The van der Waals surface area contributed by atoms with Crippen LogP contribution in [0.3, 0.4) is 0 Å². The van der Waals surface area contributed by atoms with Crippen molar-refractivity contribution < 1.29 is 0 Å². The molecule has 2 fully saturated rings. The van der Waals surface area contributed by atoms with Crippen LogP contribution in [-0.2, 0) is 6.42 Å². The van der Waals surface area contributed by atoms with Gasteiger partial charge in [-0.2, -0.15) is 0 Å². The van der Waals surface area contributed by atoms with Crippen LogP contribution in [0.25, 0.3) is 0 Å². The van der Waals surface area contributed by atoms with Crippen molar-refractivity contribution in [2.45, 2.75) is 43.7 Å². The van der Waals surface area contributed by atoms with Crippen molar-refractivity contribution >= 4 is 0 Å². The van der Waals surface area contributed by atoms with Gasteiger partial charge in [0.15, 0.2) is 0 Å². The largest absolute Gasteiger partial charge is 0.311 e. The molecule has 1 aliphatic carbocycles. The molecule has 0 aromatic heterocycles. The van der Waals surface area contributed by atoms with Crippen molar-refractivity contribution in [1.29, 1.82) is 0 Å². The normalized spacial score (nSPS) is 27.7. The van der Waals surface area contributed by atoms with Crippen molar-refractivity contribution in [2.75, 3.05) is 20.1 Å². The summed E-state index contributed by atoms with van der Waals surface area (Å²) >= 11 is 0. The molecule has 1 spiro atoms. The van der Waals surface area contributed by atoms with Gasteiger partial charge in [0, 0.05) is 24.7 Å². The number of nitrogens with zero attached hydrogens (tertiary/aromatic N) is 1. The predicted octanol–water partition coefficient (Wildman–Crippen LogP) is 2.45. The standard InChI is InChI=1S/C16H24N2/c1-18-12-15(11-14-7-3-2-4-8-14)17-13-16(18)9-5-6-10-16/h2-4,7-8,15,17H,5-6,9-13H2,1H3. The molecule has 1 aliphatic heterocycles. The molecule has 1 saturated carbocycles. The van der Waals surface area contributed by atoms with Gasteiger partial charge < -0.3 is 5.32 Å². The van der Waals surface area contributed by atoms with Crippen molar-refractivity contribution in [3.8, 4) is 0 Å². The van der Waals surface area contributed by atoms with E-state index in [4.69, 9.17) is 0 Å². The monoisotopic (exact) mass is 244 g/mol. The first kappa shape index (κ1) is 12.2. The Morgan fingerprint density at radius 3 is 2.61 bits per heavy atom. The van der Waals surface area contributed by atoms with E-state index in [0.29, 0.717) is 11.6 Å². The molecule has 18 heavy (non-hydrogen) atoms. The number of rotatable bonds is 2. The maximum absolute atomic E-state index is 3.79. The topological polar surface area (TPSA) is 15.3 Å². The quantitative estimate of drug-likeness (QED) is 0.859. The molecule has 0 bridgehead atoms. The van der Waals surface area contributed by atoms with Crippen molar-refractivity contribution in [3.05, 3.63) is 35.9 Å². The van der Waals surface area contributed by atoms with E-state index in [9.17, 15) is 0 Å². The third-order valence-electron chi connectivity index (χ3n) is 4.88. The van der Waals surface area contributed by atoms with Crippen molar-refractivity contribution in [1.82, 2.24) is 10.2 Å². The molecule has 1 heterocycles. The second-order valence-corrected chi connectivity index (χ2v) is 6.08. The van der Waals surface area contributed by atoms with E-state index in [0.717, 1.165) is 6.42 Å². The fraction of sp³-hybridized carbons (Fsp3) is 0.625. The van der Waals surface area contributed by atoms with E-state index < -0.39 is 0 Å². The van der Waals surface area contributed by atoms with Gasteiger partial charge in [-0.1, -0.05) is 43.2 Å². The molecule has 3 rings (SSSR count). The van der Waals surface area contributed by atoms with Gasteiger partial charge in [0.25, 0.3) is 0 Å². The van der Waals surface area contributed by atoms with Crippen LogP contribution in [0.5, 0.6) is 0 Å². The second-order valence-electron chi connectivity index (χ2n) is 6.08. The van der Waals surface area contributed by atoms with Crippen LogP contribution in [-0.4, -0.2) is 36.6 Å². The smallest absolute Gasteiger partial charge is 0.0331 e. The first-order chi connectivity index (χ1) is 8.78. The summed E-state index contributed by atoms with van der Waals surface area (Å²) in [7, 11) is 2.32. The predicted molar refractivity (Wildman–Crippen MR) is 75.8 cm³/mol. The van der Waals surface area contributed by atoms with Crippen LogP contribution in [0.15, 0.2) is 30.3 Å². The molecule has 0 radical (unpaired) electrons. The molecule has 1 atom stereocenters. The molecule has 1 aromatic rings. The molecule has 1 saturated heterocycles. The molecule has 2 aliphatic rings. The molecule has 1 unspecified atom stereocenters. The van der Waals surface area contributed by atoms with Gasteiger partial charge in [-0.15, -0.1) is 0 Å². The number of likely N-dealkylation sites (N-methyl/N-ethyl adjacent to an activating group) is 1. The Labute approximate surface area is 110 Å². The van der Waals surface area contributed by atoms with Gasteiger partial charge in [-0.05, 0) is 31.9 Å². The third kappa shape index (κ3) is 2.32. The maximum atomic E-state index is 3.79. The zero-order chi connectivity index (χ0) is 12.4. The van der Waals surface area contributed by atoms with Gasteiger partial charge in [-0.3, -0.25) is 4.90 Å². The van der Waals surface area contributed by atoms with Gasteiger partial charge in [0.05, 0.1) is 0 Å². The highest BCUT2D eigenvalue weighted by Gasteiger charge is 2.41. The number of benzene rings is 1. The minimum Gasteiger partial charge on any atom is -0.311 e. The Balaban J connectivity index is 1.61. The average Bonchev–Trinajstić information content (AvgIpc) is 2.86. The van der Waals surface area contributed by atoms with E-state index >= 15 is 0 Å². The Kier molecular flexibility index (Phi) is 3.40. The molecule has 2 heteroatoms. The lowest BCUT2D eigenvalue weighted by atomic mass is 9.90. The summed E-state index contributed by atoms with van der Waals surface area (Å²) in [5.41, 5.74) is 1.93. The van der Waals surface area contributed by atoms with Crippen LogP contribution in [0.2, 0.25) is 0 Å². The van der Waals surface area contributed by atoms with Crippen molar-refractivity contribution in [3.63, 3.8) is 0 Å². The minimum atomic E-state index is 0.479. The third-order valence-corrected chi connectivity index (χ3v) is 4.88. The van der Waals surface area contributed by atoms with E-state index in [1.165, 1.54) is 44.3 Å². The molecular formula is C16H24N2. The summed E-state index contributed by atoms with van der Waals surface area (Å²) in [5.74, 6) is 0. The Morgan fingerprint density at radius 1 is 1.22 bits per heavy atom. The Bertz CT molecular complexity index is 381. The zero-order valence-electron chi connectivity index (χ0n) is 11.4. The number of hydrogen-bond donors (Lipinski definition) is 1. The van der Waals surface area contributed by atoms with Gasteiger partial charge in [0.2, 0.25) is 0 Å². The van der Waals surface area contributed by atoms with E-state index in [1.807, 2.05) is 0 Å². The maximum Gasteiger partial charge on any atom is 0.0331 e. The summed E-state index contributed by atoms with van der Waals surface area (Å²) in [4.78, 5) is 2.63. The molecule has 98 valence electrons. The first-order valence-electron chi connectivity index (χ1n) is 7.27. The molecular weight excluding hydrogens is 220 g/mol. The van der Waals surface area contributed by atoms with Crippen LogP contribution >= 0.6 is 0 Å². The van der Waals surface area contributed by atoms with Gasteiger partial charge >= 0.3 is 0 Å². The molecule has 1 aromatic carbocycles. The Hall–Kier alpha value is -0.860. The first-order valence-corrected chi connectivity index (χ1v) is 7.27. The summed E-state index contributed by atoms with van der Waals surface area (Å²) in [6.07, 6.45) is 6.75. The number of hydrogen-bond acceptors (Lipinski definition) is 2. The highest BCUT2D eigenvalue weighted by atomic mass is 15.3. The Morgan fingerprint density at radius 2 is 1.94 bits per heavy atom. The minimum absolute atomic E-state index is 0.479. The van der Waals surface area contributed by atoms with Crippen LogP contribution in [0, 0.1) is 0 Å². The number of piperazine rings is 1. The average molecular weight is 244 g/mol. The molecule has 2 nitrogen and oxygen atoms in total. The lowest BCUT2D eigenvalue weighted by Crippen LogP contribution is -2.62. The fourth-order valence-corrected chi connectivity index (χ4v) is 3.68. The van der Waals surface area contributed by atoms with E-state index in [1.54, 1.807) is 0 Å². The summed E-state index contributed by atoms with van der Waals surface area (Å²) in [6, 6.07) is 11.5. The van der Waals surface area contributed by atoms with Crippen LogP contribution in [0.1, 0.15) is 31.2 Å². The second kappa shape index (κ2) is 5.02. The van der Waals surface area contributed by atoms with Gasteiger partial charge in [-0.25, -0.2) is 0 Å². The lowest BCUT2D eigenvalue weighted by molar-refractivity contribution is 0.0691. The van der Waals surface area contributed by atoms with Crippen molar-refractivity contribution in [2.24, 2.45) is 0 Å². The van der Waals surface area contributed by atoms with Crippen LogP contribution < -0.4 is 5.32 Å². The van der Waals surface area contributed by atoms with Crippen LogP contribution in [0.4, 0.5) is 0 Å². The fourth-order valence-electron chi connectivity index (χ4n) is 3.68. The van der Waals surface area contributed by atoms with E-state index in [2.05, 4.69) is 47.6 Å². The SMILES string of the molecule is CN1CC(Cc2ccccc2)NCC12CCCC2. The molecule has 0 amide bonds. The lowest BCUT2D eigenvalue weighted by Gasteiger charge is -2.46. The summed E-state index contributed by atoms with van der Waals surface area (Å²) in [6.45, 7) is 2.37. The summed E-state index contributed by atoms with van der Waals surface area (Å²) in [5, 5.41) is 3.79.